The monoisotopic (exact) mass is 238 g/mol. The second-order valence-electron chi connectivity index (χ2n) is 4.66. The van der Waals surface area contributed by atoms with Gasteiger partial charge in [-0.2, -0.15) is 0 Å². The van der Waals surface area contributed by atoms with E-state index >= 15 is 0 Å². The summed E-state index contributed by atoms with van der Waals surface area (Å²) < 4.78 is 15.7. The minimum absolute atomic E-state index is 0.332. The fourth-order valence-corrected chi connectivity index (χ4v) is 1.71. The zero-order valence-corrected chi connectivity index (χ0v) is 11.0. The van der Waals surface area contributed by atoms with Gasteiger partial charge in [0.1, 0.15) is 16.1 Å². The SMILES string of the molecule is C/C(=N\[S+]([O-])C(C)(C)C)c1cccc(N)c1. The molecule has 0 amide bonds. The Balaban J connectivity index is 2.94. The topological polar surface area (TPSA) is 61.4 Å². The van der Waals surface area contributed by atoms with E-state index < -0.39 is 11.4 Å². The smallest absolute Gasteiger partial charge is 0.144 e. The van der Waals surface area contributed by atoms with Crippen LogP contribution < -0.4 is 5.73 Å². The molecule has 3 nitrogen and oxygen atoms in total. The lowest BCUT2D eigenvalue weighted by atomic mass is 10.1. The largest absolute Gasteiger partial charge is 0.591 e. The number of hydrogen-bond acceptors (Lipinski definition) is 3. The highest BCUT2D eigenvalue weighted by Crippen LogP contribution is 2.18. The first-order valence-corrected chi connectivity index (χ1v) is 6.24. The predicted octanol–water partition coefficient (Wildman–Crippen LogP) is 2.54. The van der Waals surface area contributed by atoms with Gasteiger partial charge in [0.05, 0.1) is 5.71 Å². The Morgan fingerprint density at radius 3 is 2.50 bits per heavy atom. The molecule has 88 valence electrons. The van der Waals surface area contributed by atoms with Crippen molar-refractivity contribution in [3.05, 3.63) is 29.8 Å². The van der Waals surface area contributed by atoms with Crippen LogP contribution in [0.3, 0.4) is 0 Å². The Hall–Kier alpha value is -1.00. The van der Waals surface area contributed by atoms with Crippen molar-refractivity contribution in [2.45, 2.75) is 32.4 Å². The molecule has 1 aromatic carbocycles. The molecule has 0 saturated carbocycles. The molecule has 1 atom stereocenters. The molecule has 0 saturated heterocycles. The lowest BCUT2D eigenvalue weighted by molar-refractivity contribution is 0.561. The van der Waals surface area contributed by atoms with Gasteiger partial charge in [-0.05, 0) is 39.8 Å². The van der Waals surface area contributed by atoms with E-state index in [0.717, 1.165) is 11.3 Å². The van der Waals surface area contributed by atoms with E-state index in [0.29, 0.717) is 5.69 Å². The van der Waals surface area contributed by atoms with E-state index in [1.54, 1.807) is 0 Å². The van der Waals surface area contributed by atoms with Gasteiger partial charge >= 0.3 is 0 Å². The van der Waals surface area contributed by atoms with Gasteiger partial charge in [-0.25, -0.2) is 0 Å². The molecule has 16 heavy (non-hydrogen) atoms. The molecule has 1 rings (SSSR count). The highest BCUT2D eigenvalue weighted by molar-refractivity contribution is 7.91. The van der Waals surface area contributed by atoms with Gasteiger partial charge in [-0.1, -0.05) is 16.5 Å². The van der Waals surface area contributed by atoms with Gasteiger partial charge in [-0.15, -0.1) is 0 Å². The average Bonchev–Trinajstić information content (AvgIpc) is 2.16. The standard InChI is InChI=1S/C12H18N2OS/c1-9(14-16(15)12(2,3)4)10-6-5-7-11(13)8-10/h5-8H,13H2,1-4H3/b14-9+. The summed E-state index contributed by atoms with van der Waals surface area (Å²) in [5.74, 6) is 0. The van der Waals surface area contributed by atoms with Gasteiger partial charge in [-0.3, -0.25) is 0 Å². The van der Waals surface area contributed by atoms with Crippen molar-refractivity contribution < 1.29 is 4.55 Å². The Morgan fingerprint density at radius 2 is 2.00 bits per heavy atom. The molecule has 0 spiro atoms. The number of rotatable bonds is 2. The summed E-state index contributed by atoms with van der Waals surface area (Å²) in [5.41, 5.74) is 8.04. The molecule has 1 unspecified atom stereocenters. The summed E-state index contributed by atoms with van der Waals surface area (Å²) in [6, 6.07) is 7.43. The zero-order valence-electron chi connectivity index (χ0n) is 10.2. The molecular weight excluding hydrogens is 220 g/mol. The summed E-state index contributed by atoms with van der Waals surface area (Å²) in [7, 11) is 0. The minimum Gasteiger partial charge on any atom is -0.591 e. The van der Waals surface area contributed by atoms with Gasteiger partial charge in [0, 0.05) is 11.3 Å². The molecule has 0 heterocycles. The lowest BCUT2D eigenvalue weighted by Crippen LogP contribution is -2.26. The van der Waals surface area contributed by atoms with E-state index in [1.165, 1.54) is 0 Å². The van der Waals surface area contributed by atoms with Crippen molar-refractivity contribution in [3.8, 4) is 0 Å². The molecule has 4 heteroatoms. The number of nitrogens with zero attached hydrogens (tertiary/aromatic N) is 1. The van der Waals surface area contributed by atoms with Crippen molar-refractivity contribution in [2.24, 2.45) is 4.40 Å². The van der Waals surface area contributed by atoms with E-state index in [2.05, 4.69) is 4.40 Å². The zero-order chi connectivity index (χ0) is 12.3. The minimum atomic E-state index is -1.23. The van der Waals surface area contributed by atoms with E-state index in [4.69, 9.17) is 5.73 Å². The lowest BCUT2D eigenvalue weighted by Gasteiger charge is -2.18. The number of anilines is 1. The maximum Gasteiger partial charge on any atom is 0.144 e. The molecule has 0 aliphatic rings. The fraction of sp³-hybridized carbons (Fsp3) is 0.417. The maximum absolute atomic E-state index is 11.8. The summed E-state index contributed by atoms with van der Waals surface area (Å²) in [6.45, 7) is 7.55. The molecule has 0 bridgehead atoms. The predicted molar refractivity (Wildman–Crippen MR) is 71.0 cm³/mol. The summed E-state index contributed by atoms with van der Waals surface area (Å²) in [6.07, 6.45) is 0. The van der Waals surface area contributed by atoms with Gasteiger partial charge in [0.2, 0.25) is 0 Å². The number of benzene rings is 1. The van der Waals surface area contributed by atoms with Crippen molar-refractivity contribution in [2.75, 3.05) is 5.73 Å². The van der Waals surface area contributed by atoms with Crippen LogP contribution in [0.1, 0.15) is 33.3 Å². The first kappa shape index (κ1) is 13.1. The maximum atomic E-state index is 11.8. The van der Waals surface area contributed by atoms with Crippen LogP contribution in [0, 0.1) is 0 Å². The third kappa shape index (κ3) is 3.54. The second-order valence-corrected chi connectivity index (χ2v) is 6.57. The van der Waals surface area contributed by atoms with Crippen LogP contribution >= 0.6 is 0 Å². The highest BCUT2D eigenvalue weighted by Gasteiger charge is 2.26. The van der Waals surface area contributed by atoms with Crippen molar-refractivity contribution in [3.63, 3.8) is 0 Å². The molecule has 2 N–H and O–H groups in total. The fourth-order valence-electron chi connectivity index (χ4n) is 1.08. The summed E-state index contributed by atoms with van der Waals surface area (Å²) >= 11 is -1.23. The van der Waals surface area contributed by atoms with Crippen LogP contribution in [-0.2, 0) is 11.4 Å². The highest BCUT2D eigenvalue weighted by atomic mass is 32.2. The Labute approximate surface area is 100 Å². The average molecular weight is 238 g/mol. The van der Waals surface area contributed by atoms with Crippen LogP contribution in [0.2, 0.25) is 0 Å². The Bertz CT molecular complexity index is 396. The van der Waals surface area contributed by atoms with E-state index in [9.17, 15) is 4.55 Å². The van der Waals surface area contributed by atoms with Gasteiger partial charge in [0.25, 0.3) is 0 Å². The third-order valence-corrected chi connectivity index (χ3v) is 3.54. The van der Waals surface area contributed by atoms with Gasteiger partial charge in [0.15, 0.2) is 0 Å². The molecule has 0 radical (unpaired) electrons. The summed E-state index contributed by atoms with van der Waals surface area (Å²) in [4.78, 5) is 0. The van der Waals surface area contributed by atoms with Crippen LogP contribution in [0.15, 0.2) is 28.7 Å². The van der Waals surface area contributed by atoms with Gasteiger partial charge < -0.3 is 10.3 Å². The van der Waals surface area contributed by atoms with E-state index in [1.807, 2.05) is 52.0 Å². The second kappa shape index (κ2) is 4.89. The van der Waals surface area contributed by atoms with Crippen LogP contribution in [0.4, 0.5) is 5.69 Å². The molecule has 0 fully saturated rings. The molecule has 0 aromatic heterocycles. The first-order chi connectivity index (χ1) is 7.30. The number of nitrogen functional groups attached to an aromatic ring is 1. The normalized spacial score (nSPS) is 14.9. The summed E-state index contributed by atoms with van der Waals surface area (Å²) in [5, 5.41) is 0. The Kier molecular flexibility index (Phi) is 3.99. The van der Waals surface area contributed by atoms with Crippen molar-refractivity contribution in [1.82, 2.24) is 0 Å². The van der Waals surface area contributed by atoms with Crippen LogP contribution in [0.25, 0.3) is 0 Å². The number of hydrogen-bond donors (Lipinski definition) is 1. The third-order valence-electron chi connectivity index (χ3n) is 2.05. The number of nitrogens with two attached hydrogens (primary N) is 1. The van der Waals surface area contributed by atoms with Crippen molar-refractivity contribution in [1.29, 1.82) is 0 Å². The van der Waals surface area contributed by atoms with Crippen LogP contribution in [0.5, 0.6) is 0 Å². The molecular formula is C12H18N2OS. The first-order valence-electron chi connectivity index (χ1n) is 5.14. The Morgan fingerprint density at radius 1 is 1.38 bits per heavy atom. The molecule has 0 aliphatic heterocycles. The van der Waals surface area contributed by atoms with Crippen LogP contribution in [-0.4, -0.2) is 15.0 Å². The van der Waals surface area contributed by atoms with E-state index in [-0.39, 0.29) is 4.75 Å². The van der Waals surface area contributed by atoms with Crippen molar-refractivity contribution >= 4 is 22.8 Å². The molecule has 0 aliphatic carbocycles. The quantitative estimate of drug-likeness (QED) is 0.489. The molecule has 1 aromatic rings.